The van der Waals surface area contributed by atoms with Crippen LogP contribution in [0, 0.1) is 5.92 Å². The summed E-state index contributed by atoms with van der Waals surface area (Å²) in [6.45, 7) is 1.55. The molecule has 0 spiro atoms. The largest absolute Gasteiger partial charge is 0.290 e. The van der Waals surface area contributed by atoms with Crippen molar-refractivity contribution in [3.05, 3.63) is 84.1 Å². The Kier molecular flexibility index (Phi) is 4.08. The van der Waals surface area contributed by atoms with Crippen LogP contribution in [-0.4, -0.2) is 30.3 Å². The average molecular weight is 379 g/mol. The molecule has 2 aromatic rings. The molecule has 136 valence electrons. The van der Waals surface area contributed by atoms with Gasteiger partial charge in [0, 0.05) is 6.20 Å². The van der Waals surface area contributed by atoms with E-state index in [0.717, 1.165) is 5.56 Å². The van der Waals surface area contributed by atoms with Crippen LogP contribution < -0.4 is 0 Å². The number of sulfonamides is 1. The Morgan fingerprint density at radius 2 is 1.48 bits per heavy atom. The SMILES string of the molecule is CC1=CC2C(C(=O)C1=O)C(c1ccccc1)=CN2S(=O)(=O)c1ccccc1. The highest BCUT2D eigenvalue weighted by Gasteiger charge is 2.48. The fraction of sp³-hybridized carbons (Fsp3) is 0.143. The summed E-state index contributed by atoms with van der Waals surface area (Å²) in [5.41, 5.74) is 1.55. The monoisotopic (exact) mass is 379 g/mol. The van der Waals surface area contributed by atoms with Gasteiger partial charge in [0.1, 0.15) is 0 Å². The molecule has 0 aromatic heterocycles. The Morgan fingerprint density at radius 3 is 2.11 bits per heavy atom. The normalized spacial score (nSPS) is 22.3. The second-order valence-corrected chi connectivity index (χ2v) is 8.45. The molecule has 0 amide bonds. The summed E-state index contributed by atoms with van der Waals surface area (Å²) < 4.78 is 27.6. The molecule has 2 aromatic carbocycles. The molecule has 2 unspecified atom stereocenters. The van der Waals surface area contributed by atoms with E-state index in [9.17, 15) is 18.0 Å². The first-order valence-corrected chi connectivity index (χ1v) is 9.98. The molecule has 1 aliphatic heterocycles. The minimum absolute atomic E-state index is 0.143. The van der Waals surface area contributed by atoms with Crippen LogP contribution in [0.1, 0.15) is 12.5 Å². The van der Waals surface area contributed by atoms with E-state index in [-0.39, 0.29) is 10.5 Å². The number of Topliss-reactive ketones (excluding diaryl/α,β-unsaturated/α-hetero) is 2. The predicted molar refractivity (Wildman–Crippen MR) is 101 cm³/mol. The maximum Gasteiger partial charge on any atom is 0.264 e. The molecule has 5 nitrogen and oxygen atoms in total. The van der Waals surface area contributed by atoms with Gasteiger partial charge in [0.15, 0.2) is 0 Å². The topological polar surface area (TPSA) is 71.5 Å². The van der Waals surface area contributed by atoms with E-state index < -0.39 is 33.5 Å². The number of ketones is 2. The molecule has 0 bridgehead atoms. The molecule has 6 heteroatoms. The number of allylic oxidation sites excluding steroid dienone is 1. The Morgan fingerprint density at radius 1 is 0.889 bits per heavy atom. The van der Waals surface area contributed by atoms with Gasteiger partial charge in [0.2, 0.25) is 11.6 Å². The summed E-state index contributed by atoms with van der Waals surface area (Å²) in [5.74, 6) is -1.96. The Bertz CT molecular complexity index is 1090. The van der Waals surface area contributed by atoms with Crippen LogP contribution in [0.5, 0.6) is 0 Å². The summed E-state index contributed by atoms with van der Waals surface area (Å²) in [6, 6.07) is 16.4. The van der Waals surface area contributed by atoms with E-state index in [1.165, 1.54) is 22.6 Å². The van der Waals surface area contributed by atoms with Crippen LogP contribution in [0.25, 0.3) is 5.57 Å². The summed E-state index contributed by atoms with van der Waals surface area (Å²) in [7, 11) is -3.87. The fourth-order valence-electron chi connectivity index (χ4n) is 3.60. The molecule has 0 saturated carbocycles. The van der Waals surface area contributed by atoms with E-state index in [2.05, 4.69) is 0 Å². The van der Waals surface area contributed by atoms with Gasteiger partial charge in [0.05, 0.1) is 16.9 Å². The van der Waals surface area contributed by atoms with Crippen molar-refractivity contribution in [2.75, 3.05) is 0 Å². The van der Waals surface area contributed by atoms with Crippen molar-refractivity contribution in [2.24, 2.45) is 5.92 Å². The van der Waals surface area contributed by atoms with Crippen molar-refractivity contribution in [3.63, 3.8) is 0 Å². The highest BCUT2D eigenvalue weighted by Crippen LogP contribution is 2.42. The second kappa shape index (κ2) is 6.32. The number of rotatable bonds is 3. The lowest BCUT2D eigenvalue weighted by Gasteiger charge is -2.29. The van der Waals surface area contributed by atoms with Crippen molar-refractivity contribution in [1.29, 1.82) is 0 Å². The Hall–Kier alpha value is -2.99. The van der Waals surface area contributed by atoms with Gasteiger partial charge in [-0.05, 0) is 35.8 Å². The Labute approximate surface area is 157 Å². The highest BCUT2D eigenvalue weighted by atomic mass is 32.2. The molecular formula is C21H17NO4S. The van der Waals surface area contributed by atoms with E-state index in [0.29, 0.717) is 5.57 Å². The van der Waals surface area contributed by atoms with Crippen molar-refractivity contribution in [1.82, 2.24) is 4.31 Å². The first-order chi connectivity index (χ1) is 12.9. The highest BCUT2D eigenvalue weighted by molar-refractivity contribution is 7.89. The third-order valence-corrected chi connectivity index (χ3v) is 6.72. The van der Waals surface area contributed by atoms with Gasteiger partial charge in [-0.25, -0.2) is 8.42 Å². The smallest absolute Gasteiger partial charge is 0.264 e. The predicted octanol–water partition coefficient (Wildman–Crippen LogP) is 2.81. The van der Waals surface area contributed by atoms with E-state index in [4.69, 9.17) is 0 Å². The molecule has 0 radical (unpaired) electrons. The molecule has 0 saturated heterocycles. The molecule has 4 rings (SSSR count). The van der Waals surface area contributed by atoms with E-state index >= 15 is 0 Å². The van der Waals surface area contributed by atoms with Crippen molar-refractivity contribution in [3.8, 4) is 0 Å². The van der Waals surface area contributed by atoms with Gasteiger partial charge in [-0.1, -0.05) is 54.6 Å². The molecule has 2 aliphatic rings. The van der Waals surface area contributed by atoms with Gasteiger partial charge in [0.25, 0.3) is 10.0 Å². The zero-order valence-electron chi connectivity index (χ0n) is 14.6. The standard InChI is InChI=1S/C21H17NO4S/c1-14-12-18-19(21(24)20(14)23)17(15-8-4-2-5-9-15)13-22(18)27(25,26)16-10-6-3-7-11-16/h2-13,18-19H,1H3. The lowest BCUT2D eigenvalue weighted by atomic mass is 9.79. The van der Waals surface area contributed by atoms with Crippen molar-refractivity contribution >= 4 is 27.2 Å². The number of carbonyl (C=O) groups is 2. The molecule has 1 aliphatic carbocycles. The fourth-order valence-corrected chi connectivity index (χ4v) is 5.10. The third-order valence-electron chi connectivity index (χ3n) is 4.95. The van der Waals surface area contributed by atoms with Crippen LogP contribution in [0.2, 0.25) is 0 Å². The van der Waals surface area contributed by atoms with Gasteiger partial charge in [-0.3, -0.25) is 13.9 Å². The number of hydrogen-bond acceptors (Lipinski definition) is 4. The summed E-state index contributed by atoms with van der Waals surface area (Å²) in [5, 5.41) is 0. The van der Waals surface area contributed by atoms with Gasteiger partial charge >= 0.3 is 0 Å². The van der Waals surface area contributed by atoms with Gasteiger partial charge in [-0.2, -0.15) is 0 Å². The van der Waals surface area contributed by atoms with Crippen LogP contribution in [-0.2, 0) is 19.6 Å². The van der Waals surface area contributed by atoms with E-state index in [1.807, 2.05) is 30.3 Å². The summed E-state index contributed by atoms with van der Waals surface area (Å²) in [4.78, 5) is 25.2. The molecule has 1 heterocycles. The van der Waals surface area contributed by atoms with Gasteiger partial charge in [-0.15, -0.1) is 0 Å². The molecule has 27 heavy (non-hydrogen) atoms. The van der Waals surface area contributed by atoms with Gasteiger partial charge < -0.3 is 0 Å². The van der Waals surface area contributed by atoms with Crippen molar-refractivity contribution < 1.29 is 18.0 Å². The molecule has 2 atom stereocenters. The maximum absolute atomic E-state index is 13.2. The average Bonchev–Trinajstić information content (AvgIpc) is 3.08. The number of benzene rings is 2. The van der Waals surface area contributed by atoms with Crippen molar-refractivity contribution in [2.45, 2.75) is 17.9 Å². The lowest BCUT2D eigenvalue weighted by molar-refractivity contribution is -0.136. The first kappa shape index (κ1) is 17.4. The minimum Gasteiger partial charge on any atom is -0.290 e. The minimum atomic E-state index is -3.87. The number of hydrogen-bond donors (Lipinski definition) is 0. The van der Waals surface area contributed by atoms with Crippen LogP contribution in [0.4, 0.5) is 0 Å². The molecule has 0 N–H and O–H groups in total. The third kappa shape index (κ3) is 2.73. The van der Waals surface area contributed by atoms with Crippen LogP contribution in [0.3, 0.4) is 0 Å². The lowest BCUT2D eigenvalue weighted by Crippen LogP contribution is -2.43. The number of carbonyl (C=O) groups excluding carboxylic acids is 2. The van der Waals surface area contributed by atoms with E-state index in [1.54, 1.807) is 31.2 Å². The zero-order chi connectivity index (χ0) is 19.2. The summed E-state index contributed by atoms with van der Waals surface area (Å²) >= 11 is 0. The Balaban J connectivity index is 1.90. The van der Waals surface area contributed by atoms with Crippen LogP contribution >= 0.6 is 0 Å². The molecular weight excluding hydrogens is 362 g/mol. The maximum atomic E-state index is 13.2. The number of nitrogens with zero attached hydrogens (tertiary/aromatic N) is 1. The van der Waals surface area contributed by atoms with Crippen LogP contribution in [0.15, 0.2) is 83.4 Å². The number of fused-ring (bicyclic) bond motifs is 1. The first-order valence-electron chi connectivity index (χ1n) is 8.54. The second-order valence-electron chi connectivity index (χ2n) is 6.61. The molecule has 0 fully saturated rings. The zero-order valence-corrected chi connectivity index (χ0v) is 15.4. The summed E-state index contributed by atoms with van der Waals surface area (Å²) in [6.07, 6.45) is 3.08. The quantitative estimate of drug-likeness (QED) is 0.769.